The average Bonchev–Trinajstić information content (AvgIpc) is 2.69. The van der Waals surface area contributed by atoms with E-state index in [0.717, 1.165) is 20.6 Å². The van der Waals surface area contributed by atoms with Crippen LogP contribution < -0.4 is 9.13 Å². The van der Waals surface area contributed by atoms with Gasteiger partial charge in [0.15, 0.2) is 12.4 Å². The van der Waals surface area contributed by atoms with Gasteiger partial charge in [0.1, 0.15) is 0 Å². The summed E-state index contributed by atoms with van der Waals surface area (Å²) in [5, 5.41) is 0. The third-order valence-corrected chi connectivity index (χ3v) is 5.50. The van der Waals surface area contributed by atoms with Crippen LogP contribution in [0.5, 0.6) is 0 Å². The maximum Gasteiger partial charge on any atom is 0.253 e. The van der Waals surface area contributed by atoms with Gasteiger partial charge in [-0.1, -0.05) is 24.3 Å². The summed E-state index contributed by atoms with van der Waals surface area (Å²) < 4.78 is 6.29. The summed E-state index contributed by atoms with van der Waals surface area (Å²) in [5.74, 6) is 0. The molecule has 0 unspecified atom stereocenters. The Labute approximate surface area is 169 Å². The minimum atomic E-state index is 1.02. The van der Waals surface area contributed by atoms with Crippen LogP contribution in [0.3, 0.4) is 0 Å². The molecule has 0 aliphatic rings. The summed E-state index contributed by atoms with van der Waals surface area (Å²) in [5.41, 5.74) is 4.60. The van der Waals surface area contributed by atoms with Crippen molar-refractivity contribution in [2.45, 2.75) is 0 Å². The van der Waals surface area contributed by atoms with Gasteiger partial charge in [0.2, 0.25) is 11.4 Å². The van der Waals surface area contributed by atoms with Crippen molar-refractivity contribution < 1.29 is 9.13 Å². The molecule has 2 heterocycles. The molecule has 0 saturated carbocycles. The van der Waals surface area contributed by atoms with Crippen molar-refractivity contribution in [3.8, 4) is 22.5 Å². The van der Waals surface area contributed by atoms with Crippen LogP contribution in [0.15, 0.2) is 107 Å². The molecule has 0 bridgehead atoms. The van der Waals surface area contributed by atoms with Gasteiger partial charge in [0, 0.05) is 80.4 Å². The van der Waals surface area contributed by atoms with Gasteiger partial charge < -0.3 is 0 Å². The Morgan fingerprint density at radius 1 is 0.500 bits per heavy atom. The fourth-order valence-corrected chi connectivity index (χ4v) is 3.89. The molecule has 2 aromatic carbocycles. The monoisotopic (exact) mass is 466 g/mol. The Hall–Kier alpha value is -2.30. The third kappa shape index (κ3) is 3.48. The van der Waals surface area contributed by atoms with Crippen LogP contribution in [0.25, 0.3) is 22.5 Å². The van der Waals surface area contributed by atoms with E-state index in [1.165, 1.54) is 11.1 Å². The summed E-state index contributed by atoms with van der Waals surface area (Å²) in [6.45, 7) is 0. The van der Waals surface area contributed by atoms with Crippen LogP contribution in [-0.2, 0) is 0 Å². The van der Waals surface area contributed by atoms with E-state index in [0.29, 0.717) is 0 Å². The van der Waals surface area contributed by atoms with Gasteiger partial charge in [-0.3, -0.25) is 0 Å². The normalized spacial score (nSPS) is 10.7. The zero-order chi connectivity index (χ0) is 17.9. The molecule has 2 aromatic heterocycles. The van der Waals surface area contributed by atoms with Gasteiger partial charge in [-0.25, -0.2) is 0 Å². The summed E-state index contributed by atoms with van der Waals surface area (Å²) in [6, 6.07) is 29.3. The van der Waals surface area contributed by atoms with Gasteiger partial charge in [-0.2, -0.15) is 9.13 Å². The molecular formula is C22H16Br2N2+2. The fourth-order valence-electron chi connectivity index (χ4n) is 2.93. The zero-order valence-corrected chi connectivity index (χ0v) is 17.1. The number of rotatable bonds is 3. The molecule has 0 saturated heterocycles. The van der Waals surface area contributed by atoms with E-state index in [1.54, 1.807) is 0 Å². The van der Waals surface area contributed by atoms with Crippen molar-refractivity contribution >= 4 is 31.9 Å². The van der Waals surface area contributed by atoms with Gasteiger partial charge >= 0.3 is 0 Å². The summed E-state index contributed by atoms with van der Waals surface area (Å²) in [4.78, 5) is 0. The van der Waals surface area contributed by atoms with Gasteiger partial charge in [0.25, 0.3) is 9.21 Å². The molecule has 0 aliphatic carbocycles. The highest BCUT2D eigenvalue weighted by Crippen LogP contribution is 2.23. The molecule has 0 fully saturated rings. The molecule has 2 nitrogen and oxygen atoms in total. The first kappa shape index (κ1) is 17.1. The third-order valence-electron chi connectivity index (χ3n) is 4.20. The van der Waals surface area contributed by atoms with Crippen molar-refractivity contribution in [3.63, 3.8) is 0 Å². The van der Waals surface area contributed by atoms with Crippen molar-refractivity contribution in [1.82, 2.24) is 0 Å². The van der Waals surface area contributed by atoms with Crippen LogP contribution in [-0.4, -0.2) is 0 Å². The minimum absolute atomic E-state index is 1.02. The van der Waals surface area contributed by atoms with Crippen LogP contribution in [0.2, 0.25) is 0 Å². The van der Waals surface area contributed by atoms with Gasteiger partial charge in [-0.05, 0) is 23.3 Å². The van der Waals surface area contributed by atoms with Gasteiger partial charge in [-0.15, -0.1) is 0 Å². The predicted octanol–water partition coefficient (Wildman–Crippen LogP) is 5.43. The Morgan fingerprint density at radius 3 is 1.38 bits per heavy atom. The maximum atomic E-state index is 3.62. The SMILES string of the molecule is Brc1cccc[n+]1-c1cccc(-c2cccc(-[n+]3ccccc3Br)c2)c1. The number of aromatic nitrogens is 2. The Bertz CT molecular complexity index is 990. The van der Waals surface area contributed by atoms with Crippen LogP contribution in [0.1, 0.15) is 0 Å². The molecule has 0 atom stereocenters. The molecule has 4 rings (SSSR count). The molecule has 0 spiro atoms. The molecule has 0 radical (unpaired) electrons. The standard InChI is InChI=1S/C22H16Br2N2/c23-21-11-1-3-13-25(21)19-9-5-7-17(15-19)18-8-6-10-20(16-18)26-14-4-2-12-22(26)24/h1-16H/q+2. The topological polar surface area (TPSA) is 7.76 Å². The van der Waals surface area contributed by atoms with Crippen molar-refractivity contribution in [2.75, 3.05) is 0 Å². The van der Waals surface area contributed by atoms with E-state index in [9.17, 15) is 0 Å². The number of hydrogen-bond donors (Lipinski definition) is 0. The summed E-state index contributed by atoms with van der Waals surface area (Å²) in [7, 11) is 0. The van der Waals surface area contributed by atoms with E-state index < -0.39 is 0 Å². The number of benzene rings is 2. The average molecular weight is 468 g/mol. The maximum absolute atomic E-state index is 3.62. The van der Waals surface area contributed by atoms with Crippen LogP contribution >= 0.6 is 31.9 Å². The molecule has 4 aromatic rings. The van der Waals surface area contributed by atoms with E-state index in [4.69, 9.17) is 0 Å². The molecule has 0 N–H and O–H groups in total. The minimum Gasteiger partial charge on any atom is -0.154 e. The summed E-state index contributed by atoms with van der Waals surface area (Å²) >= 11 is 7.24. The Morgan fingerprint density at radius 2 is 0.962 bits per heavy atom. The smallest absolute Gasteiger partial charge is 0.154 e. The molecule has 4 heteroatoms. The lowest BCUT2D eigenvalue weighted by Gasteiger charge is -2.05. The largest absolute Gasteiger partial charge is 0.253 e. The highest BCUT2D eigenvalue weighted by molar-refractivity contribution is 9.10. The second-order valence-electron chi connectivity index (χ2n) is 5.89. The number of halogens is 2. The van der Waals surface area contributed by atoms with E-state index in [-0.39, 0.29) is 0 Å². The van der Waals surface area contributed by atoms with Crippen LogP contribution in [0, 0.1) is 0 Å². The fraction of sp³-hybridized carbons (Fsp3) is 0. The highest BCUT2D eigenvalue weighted by atomic mass is 79.9. The lowest BCUT2D eigenvalue weighted by Crippen LogP contribution is -2.31. The first-order valence-corrected chi connectivity index (χ1v) is 9.84. The van der Waals surface area contributed by atoms with E-state index in [1.807, 2.05) is 36.4 Å². The molecule has 0 aliphatic heterocycles. The number of pyridine rings is 2. The van der Waals surface area contributed by atoms with Crippen LogP contribution in [0.4, 0.5) is 0 Å². The second-order valence-corrected chi connectivity index (χ2v) is 7.51. The first-order chi connectivity index (χ1) is 12.7. The first-order valence-electron chi connectivity index (χ1n) is 8.26. The highest BCUT2D eigenvalue weighted by Gasteiger charge is 2.14. The lowest BCUT2D eigenvalue weighted by atomic mass is 10.0. The summed E-state index contributed by atoms with van der Waals surface area (Å²) in [6.07, 6.45) is 4.10. The number of hydrogen-bond acceptors (Lipinski definition) is 0. The van der Waals surface area contributed by atoms with Crippen molar-refractivity contribution in [2.24, 2.45) is 0 Å². The predicted molar refractivity (Wildman–Crippen MR) is 110 cm³/mol. The lowest BCUT2D eigenvalue weighted by molar-refractivity contribution is -0.607. The molecule has 0 amide bonds. The molecule has 126 valence electrons. The second kappa shape index (κ2) is 7.52. The quantitative estimate of drug-likeness (QED) is 0.280. The molecular weight excluding hydrogens is 452 g/mol. The Kier molecular flexibility index (Phi) is 4.96. The van der Waals surface area contributed by atoms with Crippen molar-refractivity contribution in [3.05, 3.63) is 107 Å². The van der Waals surface area contributed by atoms with E-state index >= 15 is 0 Å². The Balaban J connectivity index is 1.78. The zero-order valence-electron chi connectivity index (χ0n) is 13.9. The van der Waals surface area contributed by atoms with E-state index in [2.05, 4.69) is 102 Å². The van der Waals surface area contributed by atoms with Crippen molar-refractivity contribution in [1.29, 1.82) is 0 Å². The number of nitrogens with zero attached hydrogens (tertiary/aromatic N) is 2. The molecule has 26 heavy (non-hydrogen) atoms. The van der Waals surface area contributed by atoms with Gasteiger partial charge in [0.05, 0.1) is 0 Å².